The van der Waals surface area contributed by atoms with E-state index >= 15 is 0 Å². The SMILES string of the molecule is COC(C)(C)CCNC1CCCC(C)C1C. The molecule has 2 heteroatoms. The summed E-state index contributed by atoms with van der Waals surface area (Å²) in [6.45, 7) is 10.2. The zero-order valence-corrected chi connectivity index (χ0v) is 11.7. The molecular formula is C14H29NO. The van der Waals surface area contributed by atoms with Crippen molar-refractivity contribution in [2.24, 2.45) is 11.8 Å². The summed E-state index contributed by atoms with van der Waals surface area (Å²) in [7, 11) is 1.80. The Morgan fingerprint density at radius 1 is 1.25 bits per heavy atom. The number of ether oxygens (including phenoxy) is 1. The van der Waals surface area contributed by atoms with Crippen molar-refractivity contribution in [2.45, 2.75) is 65.0 Å². The molecule has 0 saturated heterocycles. The second-order valence-electron chi connectivity index (χ2n) is 6.04. The van der Waals surface area contributed by atoms with Gasteiger partial charge in [0.2, 0.25) is 0 Å². The van der Waals surface area contributed by atoms with Crippen molar-refractivity contribution >= 4 is 0 Å². The van der Waals surface area contributed by atoms with Crippen LogP contribution < -0.4 is 5.32 Å². The van der Waals surface area contributed by atoms with Crippen molar-refractivity contribution in [1.82, 2.24) is 5.32 Å². The zero-order valence-electron chi connectivity index (χ0n) is 11.7. The molecule has 0 bridgehead atoms. The van der Waals surface area contributed by atoms with Gasteiger partial charge in [0.1, 0.15) is 0 Å². The van der Waals surface area contributed by atoms with Gasteiger partial charge in [-0.2, -0.15) is 0 Å². The Labute approximate surface area is 101 Å². The maximum Gasteiger partial charge on any atom is 0.0634 e. The highest BCUT2D eigenvalue weighted by Gasteiger charge is 2.27. The average Bonchev–Trinajstić information content (AvgIpc) is 2.24. The van der Waals surface area contributed by atoms with Gasteiger partial charge in [-0.3, -0.25) is 0 Å². The van der Waals surface area contributed by atoms with Crippen LogP contribution in [0.25, 0.3) is 0 Å². The van der Waals surface area contributed by atoms with Gasteiger partial charge in [0.25, 0.3) is 0 Å². The second-order valence-corrected chi connectivity index (χ2v) is 6.04. The van der Waals surface area contributed by atoms with Crippen LogP contribution in [0.15, 0.2) is 0 Å². The van der Waals surface area contributed by atoms with E-state index < -0.39 is 0 Å². The Morgan fingerprint density at radius 3 is 2.56 bits per heavy atom. The Bertz CT molecular complexity index is 203. The van der Waals surface area contributed by atoms with Gasteiger partial charge in [-0.25, -0.2) is 0 Å². The van der Waals surface area contributed by atoms with Gasteiger partial charge in [0.05, 0.1) is 5.60 Å². The summed E-state index contributed by atoms with van der Waals surface area (Å²) in [5.74, 6) is 1.70. The third-order valence-electron chi connectivity index (χ3n) is 4.39. The molecule has 3 unspecified atom stereocenters. The van der Waals surface area contributed by atoms with Crippen molar-refractivity contribution in [2.75, 3.05) is 13.7 Å². The lowest BCUT2D eigenvalue weighted by Gasteiger charge is -2.35. The maximum atomic E-state index is 5.44. The molecule has 96 valence electrons. The number of rotatable bonds is 5. The van der Waals surface area contributed by atoms with E-state index in [1.54, 1.807) is 7.11 Å². The van der Waals surface area contributed by atoms with Crippen LogP contribution in [-0.2, 0) is 4.74 Å². The Balaban J connectivity index is 2.27. The van der Waals surface area contributed by atoms with Gasteiger partial charge in [-0.1, -0.05) is 26.7 Å². The average molecular weight is 227 g/mol. The van der Waals surface area contributed by atoms with Gasteiger partial charge in [0, 0.05) is 13.2 Å². The van der Waals surface area contributed by atoms with Crippen molar-refractivity contribution in [3.05, 3.63) is 0 Å². The molecular weight excluding hydrogens is 198 g/mol. The lowest BCUT2D eigenvalue weighted by Crippen LogP contribution is -2.42. The Hall–Kier alpha value is -0.0800. The largest absolute Gasteiger partial charge is 0.379 e. The Kier molecular flexibility index (Phi) is 5.26. The van der Waals surface area contributed by atoms with E-state index in [2.05, 4.69) is 33.0 Å². The molecule has 2 nitrogen and oxygen atoms in total. The molecule has 1 rings (SSSR count). The van der Waals surface area contributed by atoms with Crippen LogP contribution >= 0.6 is 0 Å². The molecule has 16 heavy (non-hydrogen) atoms. The second kappa shape index (κ2) is 6.02. The van der Waals surface area contributed by atoms with Crippen LogP contribution in [0.1, 0.15) is 53.4 Å². The van der Waals surface area contributed by atoms with E-state index in [0.29, 0.717) is 0 Å². The summed E-state index contributed by atoms with van der Waals surface area (Å²) < 4.78 is 5.44. The lowest BCUT2D eigenvalue weighted by molar-refractivity contribution is 0.0143. The number of hydrogen-bond acceptors (Lipinski definition) is 2. The molecule has 3 atom stereocenters. The van der Waals surface area contributed by atoms with Crippen molar-refractivity contribution < 1.29 is 4.74 Å². The minimum Gasteiger partial charge on any atom is -0.379 e. The summed E-state index contributed by atoms with van der Waals surface area (Å²) in [5.41, 5.74) is 0.0104. The number of methoxy groups -OCH3 is 1. The minimum absolute atomic E-state index is 0.0104. The van der Waals surface area contributed by atoms with E-state index in [0.717, 1.165) is 30.8 Å². The molecule has 1 aliphatic carbocycles. The molecule has 1 fully saturated rings. The lowest BCUT2D eigenvalue weighted by atomic mass is 9.78. The third kappa shape index (κ3) is 4.06. The summed E-state index contributed by atoms with van der Waals surface area (Å²) in [6, 6.07) is 0.719. The molecule has 1 aliphatic rings. The van der Waals surface area contributed by atoms with Gasteiger partial charge in [0.15, 0.2) is 0 Å². The predicted octanol–water partition coefficient (Wildman–Crippen LogP) is 3.22. The van der Waals surface area contributed by atoms with Crippen LogP contribution in [0.3, 0.4) is 0 Å². The van der Waals surface area contributed by atoms with Crippen molar-refractivity contribution in [3.8, 4) is 0 Å². The van der Waals surface area contributed by atoms with Crippen LogP contribution in [0.5, 0.6) is 0 Å². The molecule has 1 N–H and O–H groups in total. The predicted molar refractivity (Wildman–Crippen MR) is 69.7 cm³/mol. The van der Waals surface area contributed by atoms with E-state index in [9.17, 15) is 0 Å². The fraction of sp³-hybridized carbons (Fsp3) is 1.00. The van der Waals surface area contributed by atoms with Gasteiger partial charge < -0.3 is 10.1 Å². The normalized spacial score (nSPS) is 31.7. The first-order chi connectivity index (χ1) is 7.46. The zero-order chi connectivity index (χ0) is 12.2. The van der Waals surface area contributed by atoms with E-state index in [1.807, 2.05) is 0 Å². The van der Waals surface area contributed by atoms with E-state index in [4.69, 9.17) is 4.74 Å². The molecule has 0 aliphatic heterocycles. The maximum absolute atomic E-state index is 5.44. The fourth-order valence-electron chi connectivity index (χ4n) is 2.53. The van der Waals surface area contributed by atoms with Crippen LogP contribution in [0.4, 0.5) is 0 Å². The smallest absolute Gasteiger partial charge is 0.0634 e. The molecule has 0 aromatic rings. The van der Waals surface area contributed by atoms with E-state index in [1.165, 1.54) is 19.3 Å². The van der Waals surface area contributed by atoms with Crippen LogP contribution in [0, 0.1) is 11.8 Å². The van der Waals surface area contributed by atoms with Gasteiger partial charge in [-0.05, 0) is 45.1 Å². The molecule has 0 amide bonds. The monoisotopic (exact) mass is 227 g/mol. The topological polar surface area (TPSA) is 21.3 Å². The third-order valence-corrected chi connectivity index (χ3v) is 4.39. The number of hydrogen-bond donors (Lipinski definition) is 1. The van der Waals surface area contributed by atoms with Crippen LogP contribution in [0.2, 0.25) is 0 Å². The summed E-state index contributed by atoms with van der Waals surface area (Å²) in [5, 5.41) is 3.71. The first kappa shape index (κ1) is 14.0. The van der Waals surface area contributed by atoms with Crippen molar-refractivity contribution in [3.63, 3.8) is 0 Å². The highest BCUT2D eigenvalue weighted by atomic mass is 16.5. The number of nitrogens with one attached hydrogen (secondary N) is 1. The molecule has 1 saturated carbocycles. The molecule has 0 spiro atoms. The standard InChI is InChI=1S/C14H29NO/c1-11-7-6-8-13(12(11)2)15-10-9-14(3,4)16-5/h11-13,15H,6-10H2,1-5H3. The minimum atomic E-state index is 0.0104. The molecule has 0 radical (unpaired) electrons. The quantitative estimate of drug-likeness (QED) is 0.778. The molecule has 0 aromatic heterocycles. The Morgan fingerprint density at radius 2 is 1.94 bits per heavy atom. The summed E-state index contributed by atoms with van der Waals surface area (Å²) >= 11 is 0. The summed E-state index contributed by atoms with van der Waals surface area (Å²) in [6.07, 6.45) is 5.22. The van der Waals surface area contributed by atoms with Gasteiger partial charge in [-0.15, -0.1) is 0 Å². The van der Waals surface area contributed by atoms with E-state index in [-0.39, 0.29) is 5.60 Å². The van der Waals surface area contributed by atoms with Crippen molar-refractivity contribution in [1.29, 1.82) is 0 Å². The molecule has 0 aromatic carbocycles. The molecule has 0 heterocycles. The highest BCUT2D eigenvalue weighted by Crippen LogP contribution is 2.29. The van der Waals surface area contributed by atoms with Crippen LogP contribution in [-0.4, -0.2) is 25.3 Å². The fourth-order valence-corrected chi connectivity index (χ4v) is 2.53. The first-order valence-electron chi connectivity index (χ1n) is 6.75. The first-order valence-corrected chi connectivity index (χ1v) is 6.75. The van der Waals surface area contributed by atoms with Gasteiger partial charge >= 0.3 is 0 Å². The summed E-state index contributed by atoms with van der Waals surface area (Å²) in [4.78, 5) is 0. The highest BCUT2D eigenvalue weighted by molar-refractivity contribution is 4.83.